The van der Waals surface area contributed by atoms with Gasteiger partial charge in [0.1, 0.15) is 5.76 Å². The Labute approximate surface area is 170 Å². The molecule has 0 fully saturated rings. The number of methoxy groups -OCH3 is 1. The van der Waals surface area contributed by atoms with E-state index in [2.05, 4.69) is 4.99 Å². The van der Waals surface area contributed by atoms with Crippen LogP contribution in [0.15, 0.2) is 80.3 Å². The number of furan rings is 1. The quantitative estimate of drug-likeness (QED) is 0.625. The lowest BCUT2D eigenvalue weighted by molar-refractivity contribution is -0.136. The number of fused-ring (bicyclic) bond motifs is 1. The van der Waals surface area contributed by atoms with Crippen LogP contribution in [-0.4, -0.2) is 17.6 Å². The molecule has 0 unspecified atom stereocenters. The molecule has 0 aliphatic carbocycles. The first kappa shape index (κ1) is 18.9. The molecule has 0 amide bonds. The second-order valence-corrected chi connectivity index (χ2v) is 7.41. The van der Waals surface area contributed by atoms with Gasteiger partial charge in [-0.3, -0.25) is 9.36 Å². The molecule has 1 aromatic carbocycles. The van der Waals surface area contributed by atoms with Gasteiger partial charge in [0, 0.05) is 6.08 Å². The molecule has 0 N–H and O–H groups in total. The van der Waals surface area contributed by atoms with Gasteiger partial charge in [0.15, 0.2) is 4.80 Å². The summed E-state index contributed by atoms with van der Waals surface area (Å²) in [6.45, 7) is 1.75. The Morgan fingerprint density at radius 3 is 2.72 bits per heavy atom. The number of allylic oxidation sites excluding steroid dienone is 2. The van der Waals surface area contributed by atoms with Gasteiger partial charge in [0.25, 0.3) is 5.56 Å². The largest absolute Gasteiger partial charge is 0.466 e. The van der Waals surface area contributed by atoms with Crippen LogP contribution in [0.1, 0.15) is 24.3 Å². The van der Waals surface area contributed by atoms with Crippen molar-refractivity contribution in [3.63, 3.8) is 0 Å². The van der Waals surface area contributed by atoms with Gasteiger partial charge in [0.2, 0.25) is 0 Å². The van der Waals surface area contributed by atoms with Crippen molar-refractivity contribution in [1.82, 2.24) is 4.57 Å². The Morgan fingerprint density at radius 1 is 1.24 bits per heavy atom. The Balaban J connectivity index is 1.89. The molecular weight excluding hydrogens is 388 g/mol. The van der Waals surface area contributed by atoms with E-state index in [0.717, 1.165) is 5.56 Å². The number of hydrogen-bond acceptors (Lipinski definition) is 6. The zero-order valence-corrected chi connectivity index (χ0v) is 16.7. The van der Waals surface area contributed by atoms with Crippen LogP contribution in [0, 0.1) is 0 Å². The number of thiazole rings is 1. The van der Waals surface area contributed by atoms with Gasteiger partial charge in [-0.25, -0.2) is 9.79 Å². The summed E-state index contributed by atoms with van der Waals surface area (Å²) in [5, 5.41) is 0. The van der Waals surface area contributed by atoms with E-state index in [1.807, 2.05) is 42.5 Å². The first-order valence-electron chi connectivity index (χ1n) is 8.96. The van der Waals surface area contributed by atoms with Crippen LogP contribution in [0.4, 0.5) is 0 Å². The summed E-state index contributed by atoms with van der Waals surface area (Å²) in [4.78, 5) is 30.6. The molecule has 29 heavy (non-hydrogen) atoms. The van der Waals surface area contributed by atoms with Crippen LogP contribution in [-0.2, 0) is 9.53 Å². The molecular formula is C22H18N2O4S. The molecule has 1 aliphatic heterocycles. The highest BCUT2D eigenvalue weighted by Gasteiger charge is 2.30. The smallest absolute Gasteiger partial charge is 0.338 e. The van der Waals surface area contributed by atoms with Crippen molar-refractivity contribution in [1.29, 1.82) is 0 Å². The third kappa shape index (κ3) is 3.64. The molecule has 0 radical (unpaired) electrons. The Hall–Kier alpha value is -3.45. The van der Waals surface area contributed by atoms with Crippen molar-refractivity contribution >= 4 is 29.5 Å². The Morgan fingerprint density at radius 2 is 2.03 bits per heavy atom. The van der Waals surface area contributed by atoms with Gasteiger partial charge in [0.05, 0.1) is 35.2 Å². The second kappa shape index (κ2) is 7.89. The van der Waals surface area contributed by atoms with Crippen LogP contribution >= 0.6 is 11.3 Å². The van der Waals surface area contributed by atoms with Crippen molar-refractivity contribution in [2.45, 2.75) is 13.0 Å². The third-order valence-electron chi connectivity index (χ3n) is 4.56. The fourth-order valence-electron chi connectivity index (χ4n) is 3.19. The van der Waals surface area contributed by atoms with Gasteiger partial charge < -0.3 is 9.15 Å². The Bertz CT molecular complexity index is 1280. The van der Waals surface area contributed by atoms with Crippen LogP contribution in [0.3, 0.4) is 0 Å². The average Bonchev–Trinajstić information content (AvgIpc) is 3.34. The molecule has 146 valence electrons. The number of ether oxygens (including phenoxy) is 1. The summed E-state index contributed by atoms with van der Waals surface area (Å²) in [7, 11) is 1.32. The highest BCUT2D eigenvalue weighted by molar-refractivity contribution is 7.07. The summed E-state index contributed by atoms with van der Waals surface area (Å²) in [6, 6.07) is 12.6. The lowest BCUT2D eigenvalue weighted by Gasteiger charge is -2.21. The van der Waals surface area contributed by atoms with Gasteiger partial charge in [-0.1, -0.05) is 53.8 Å². The summed E-state index contributed by atoms with van der Waals surface area (Å²) in [5.41, 5.74) is 1.60. The topological polar surface area (TPSA) is 73.8 Å². The molecule has 2 aromatic heterocycles. The lowest BCUT2D eigenvalue weighted by atomic mass is 10.0. The summed E-state index contributed by atoms with van der Waals surface area (Å²) in [6.07, 6.45) is 6.94. The van der Waals surface area contributed by atoms with Gasteiger partial charge in [-0.15, -0.1) is 0 Å². The zero-order valence-electron chi connectivity index (χ0n) is 15.9. The number of hydrogen-bond donors (Lipinski definition) is 0. The second-order valence-electron chi connectivity index (χ2n) is 6.40. The number of benzene rings is 1. The maximum atomic E-state index is 13.2. The third-order valence-corrected chi connectivity index (χ3v) is 5.54. The fraction of sp³-hybridized carbons (Fsp3) is 0.136. The summed E-state index contributed by atoms with van der Waals surface area (Å²) < 4.78 is 12.3. The SMILES string of the molecule is COC(=O)C1=C(C)N=c2s/c(=C/c3ccco3)c(=O)n2[C@H]1/C=C/c1ccccc1. The highest BCUT2D eigenvalue weighted by atomic mass is 32.1. The van der Waals surface area contributed by atoms with E-state index in [0.29, 0.717) is 26.4 Å². The molecule has 1 aliphatic rings. The molecule has 7 heteroatoms. The summed E-state index contributed by atoms with van der Waals surface area (Å²) in [5.74, 6) is 0.0739. The van der Waals surface area contributed by atoms with E-state index < -0.39 is 12.0 Å². The number of esters is 1. The van der Waals surface area contributed by atoms with Gasteiger partial charge >= 0.3 is 5.97 Å². The number of aromatic nitrogens is 1. The highest BCUT2D eigenvalue weighted by Crippen LogP contribution is 2.26. The number of carbonyl (C=O) groups is 1. The number of nitrogens with zero attached hydrogens (tertiary/aromatic N) is 2. The van der Waals surface area contributed by atoms with Crippen molar-refractivity contribution in [3.05, 3.63) is 97.1 Å². The summed E-state index contributed by atoms with van der Waals surface area (Å²) >= 11 is 1.26. The Kier molecular flexibility index (Phi) is 5.14. The van der Waals surface area contributed by atoms with Gasteiger partial charge in [-0.2, -0.15) is 0 Å². The van der Waals surface area contributed by atoms with E-state index in [9.17, 15) is 9.59 Å². The minimum atomic E-state index is -0.613. The molecule has 0 saturated heterocycles. The number of rotatable bonds is 4. The van der Waals surface area contributed by atoms with Crippen LogP contribution < -0.4 is 14.9 Å². The van der Waals surface area contributed by atoms with Crippen LogP contribution in [0.5, 0.6) is 0 Å². The zero-order chi connectivity index (χ0) is 20.4. The monoisotopic (exact) mass is 406 g/mol. The molecule has 0 saturated carbocycles. The van der Waals surface area contributed by atoms with Crippen LogP contribution in [0.2, 0.25) is 0 Å². The van der Waals surface area contributed by atoms with Crippen molar-refractivity contribution in [2.24, 2.45) is 4.99 Å². The van der Waals surface area contributed by atoms with Gasteiger partial charge in [-0.05, 0) is 24.6 Å². The minimum absolute atomic E-state index is 0.234. The van der Waals surface area contributed by atoms with Crippen molar-refractivity contribution < 1.29 is 13.9 Å². The first-order valence-corrected chi connectivity index (χ1v) is 9.78. The van der Waals surface area contributed by atoms with E-state index >= 15 is 0 Å². The molecule has 1 atom stereocenters. The van der Waals surface area contributed by atoms with Crippen LogP contribution in [0.25, 0.3) is 12.2 Å². The van der Waals surface area contributed by atoms with E-state index in [1.165, 1.54) is 23.0 Å². The van der Waals surface area contributed by atoms with E-state index in [4.69, 9.17) is 9.15 Å². The molecule has 6 nitrogen and oxygen atoms in total. The normalized spacial score (nSPS) is 16.8. The lowest BCUT2D eigenvalue weighted by Crippen LogP contribution is -2.38. The average molecular weight is 406 g/mol. The predicted octanol–water partition coefficient (Wildman–Crippen LogP) is 2.67. The van der Waals surface area contributed by atoms with E-state index in [1.54, 1.807) is 31.4 Å². The maximum Gasteiger partial charge on any atom is 0.338 e. The first-order chi connectivity index (χ1) is 14.1. The molecule has 3 aromatic rings. The fourth-order valence-corrected chi connectivity index (χ4v) is 4.22. The number of carbonyl (C=O) groups excluding carboxylic acids is 1. The minimum Gasteiger partial charge on any atom is -0.466 e. The molecule has 0 spiro atoms. The van der Waals surface area contributed by atoms with E-state index in [-0.39, 0.29) is 5.56 Å². The predicted molar refractivity (Wildman–Crippen MR) is 111 cm³/mol. The standard InChI is InChI=1S/C22H18N2O4S/c1-14-19(21(26)27-2)17(11-10-15-7-4-3-5-8-15)24-20(25)18(29-22(24)23-14)13-16-9-6-12-28-16/h3-13,17H,1-2H3/b11-10+,18-13+/t17-/m0/s1. The maximum absolute atomic E-state index is 13.2. The molecule has 0 bridgehead atoms. The van der Waals surface area contributed by atoms with Crippen molar-refractivity contribution in [3.8, 4) is 0 Å². The molecule has 3 heterocycles. The van der Waals surface area contributed by atoms with Crippen molar-refractivity contribution in [2.75, 3.05) is 7.11 Å². The molecule has 4 rings (SSSR count).